The highest BCUT2D eigenvalue weighted by molar-refractivity contribution is 5.74. The second-order valence-corrected chi connectivity index (χ2v) is 6.49. The molecule has 3 aromatic rings. The number of rotatable bonds is 0. The van der Waals surface area contributed by atoms with Crippen LogP contribution in [0, 0.1) is 12.7 Å². The van der Waals surface area contributed by atoms with Gasteiger partial charge < -0.3 is 15.4 Å². The molecule has 7 heteroatoms. The highest BCUT2D eigenvalue weighted by atomic mass is 19.1. The lowest BCUT2D eigenvalue weighted by Crippen LogP contribution is -2.28. The molecule has 28 heavy (non-hydrogen) atoms. The molecular formula is C21H26FN5O. The Morgan fingerprint density at radius 3 is 2.86 bits per heavy atom. The molecule has 0 fully saturated rings. The zero-order valence-corrected chi connectivity index (χ0v) is 16.7. The Morgan fingerprint density at radius 2 is 2.07 bits per heavy atom. The van der Waals surface area contributed by atoms with Gasteiger partial charge in [-0.2, -0.15) is 5.10 Å². The minimum atomic E-state index is -0.296. The minimum absolute atomic E-state index is 0.124. The fraction of sp³-hybridized carbons (Fsp3) is 0.333. The molecule has 0 saturated heterocycles. The van der Waals surface area contributed by atoms with Crippen LogP contribution in [0.3, 0.4) is 0 Å². The lowest BCUT2D eigenvalue weighted by Gasteiger charge is -2.19. The fourth-order valence-corrected chi connectivity index (χ4v) is 2.99. The summed E-state index contributed by atoms with van der Waals surface area (Å²) in [5.74, 6) is 1.07. The van der Waals surface area contributed by atoms with Crippen LogP contribution in [0.1, 0.15) is 37.5 Å². The Kier molecular flexibility index (Phi) is 5.82. The van der Waals surface area contributed by atoms with E-state index in [1.54, 1.807) is 16.8 Å². The van der Waals surface area contributed by atoms with Crippen LogP contribution in [-0.2, 0) is 6.54 Å². The quantitative estimate of drug-likeness (QED) is 0.610. The van der Waals surface area contributed by atoms with Crippen molar-refractivity contribution in [3.8, 4) is 5.75 Å². The number of ether oxygens (including phenoxy) is 1. The van der Waals surface area contributed by atoms with Crippen LogP contribution in [0.25, 0.3) is 11.3 Å². The van der Waals surface area contributed by atoms with Crippen molar-refractivity contribution < 1.29 is 9.13 Å². The van der Waals surface area contributed by atoms with Crippen molar-refractivity contribution in [2.75, 3.05) is 11.9 Å². The Balaban J connectivity index is 0.00000109. The van der Waals surface area contributed by atoms with E-state index >= 15 is 0 Å². The first-order valence-electron chi connectivity index (χ1n) is 9.48. The van der Waals surface area contributed by atoms with E-state index < -0.39 is 0 Å². The standard InChI is InChI=1S/C19H20FN5O.C2H6/c1-11-10-25-19-16(9-23-25)13(3)21-7-12(2)26-17-5-4-15(20)6-14(17)8-22-18(11)24-19;1-2/h4-6,9-10,12,21H,3,7-8H2,1-2H3,(H,22,24);1-2H3. The summed E-state index contributed by atoms with van der Waals surface area (Å²) in [7, 11) is 0. The van der Waals surface area contributed by atoms with Gasteiger partial charge in [-0.3, -0.25) is 0 Å². The predicted molar refractivity (Wildman–Crippen MR) is 110 cm³/mol. The monoisotopic (exact) mass is 383 g/mol. The first-order valence-corrected chi connectivity index (χ1v) is 9.48. The van der Waals surface area contributed by atoms with E-state index in [4.69, 9.17) is 9.72 Å². The molecule has 0 radical (unpaired) electrons. The maximum atomic E-state index is 13.7. The molecule has 2 bridgehead atoms. The van der Waals surface area contributed by atoms with Gasteiger partial charge in [0.2, 0.25) is 0 Å². The Hall–Kier alpha value is -3.09. The number of fused-ring (bicyclic) bond motifs is 2. The summed E-state index contributed by atoms with van der Waals surface area (Å²) in [6.07, 6.45) is 3.53. The van der Waals surface area contributed by atoms with E-state index in [0.717, 1.165) is 28.2 Å². The summed E-state index contributed by atoms with van der Waals surface area (Å²) in [5.41, 5.74) is 3.96. The van der Waals surface area contributed by atoms with Crippen molar-refractivity contribution in [2.45, 2.75) is 40.3 Å². The van der Waals surface area contributed by atoms with E-state index in [9.17, 15) is 4.39 Å². The van der Waals surface area contributed by atoms with Crippen molar-refractivity contribution in [1.82, 2.24) is 19.9 Å². The van der Waals surface area contributed by atoms with Crippen molar-refractivity contribution in [3.63, 3.8) is 0 Å². The molecule has 0 aliphatic carbocycles. The Morgan fingerprint density at radius 1 is 1.29 bits per heavy atom. The van der Waals surface area contributed by atoms with Gasteiger partial charge in [-0.1, -0.05) is 20.4 Å². The lowest BCUT2D eigenvalue weighted by molar-refractivity contribution is 0.221. The van der Waals surface area contributed by atoms with Gasteiger partial charge in [-0.25, -0.2) is 13.9 Å². The summed E-state index contributed by atoms with van der Waals surface area (Å²) < 4.78 is 21.5. The second kappa shape index (κ2) is 8.29. The van der Waals surface area contributed by atoms with Crippen molar-refractivity contribution in [2.24, 2.45) is 0 Å². The number of halogens is 1. The fourth-order valence-electron chi connectivity index (χ4n) is 2.99. The minimum Gasteiger partial charge on any atom is -0.489 e. The first kappa shape index (κ1) is 19.7. The van der Waals surface area contributed by atoms with Gasteiger partial charge >= 0.3 is 0 Å². The number of nitrogens with one attached hydrogen (secondary N) is 2. The van der Waals surface area contributed by atoms with Crippen molar-refractivity contribution in [1.29, 1.82) is 0 Å². The molecule has 0 amide bonds. The van der Waals surface area contributed by atoms with Crippen LogP contribution in [0.5, 0.6) is 5.75 Å². The zero-order chi connectivity index (χ0) is 20.3. The van der Waals surface area contributed by atoms with Gasteiger partial charge in [-0.05, 0) is 32.0 Å². The summed E-state index contributed by atoms with van der Waals surface area (Å²) in [6, 6.07) is 4.55. The largest absolute Gasteiger partial charge is 0.489 e. The summed E-state index contributed by atoms with van der Waals surface area (Å²) >= 11 is 0. The first-order chi connectivity index (χ1) is 13.5. The molecule has 2 aromatic heterocycles. The highest BCUT2D eigenvalue weighted by Gasteiger charge is 2.16. The molecule has 1 aliphatic rings. The van der Waals surface area contributed by atoms with Gasteiger partial charge in [-0.15, -0.1) is 0 Å². The topological polar surface area (TPSA) is 63.5 Å². The maximum absolute atomic E-state index is 13.7. The molecule has 1 atom stereocenters. The summed E-state index contributed by atoms with van der Waals surface area (Å²) in [6.45, 7) is 13.0. The molecule has 4 rings (SSSR count). The Labute approximate surface area is 164 Å². The lowest BCUT2D eigenvalue weighted by atomic mass is 10.2. The van der Waals surface area contributed by atoms with Crippen LogP contribution in [0.2, 0.25) is 0 Å². The van der Waals surface area contributed by atoms with Gasteiger partial charge in [0.15, 0.2) is 5.65 Å². The van der Waals surface area contributed by atoms with Crippen LogP contribution < -0.4 is 15.4 Å². The smallest absolute Gasteiger partial charge is 0.166 e. The molecular weight excluding hydrogens is 357 g/mol. The third kappa shape index (κ3) is 3.93. The molecule has 3 heterocycles. The number of aromatic nitrogens is 3. The average molecular weight is 383 g/mol. The highest BCUT2D eigenvalue weighted by Crippen LogP contribution is 2.25. The third-order valence-electron chi connectivity index (χ3n) is 4.40. The van der Waals surface area contributed by atoms with E-state index in [-0.39, 0.29) is 11.9 Å². The molecule has 0 saturated carbocycles. The molecule has 1 aromatic carbocycles. The van der Waals surface area contributed by atoms with Gasteiger partial charge in [0.25, 0.3) is 0 Å². The molecule has 0 spiro atoms. The second-order valence-electron chi connectivity index (χ2n) is 6.49. The number of aryl methyl sites for hydroxylation is 1. The molecule has 6 nitrogen and oxygen atoms in total. The molecule has 2 N–H and O–H groups in total. The predicted octanol–water partition coefficient (Wildman–Crippen LogP) is 4.16. The maximum Gasteiger partial charge on any atom is 0.166 e. The number of nitrogens with zero attached hydrogens (tertiary/aromatic N) is 3. The average Bonchev–Trinajstić information content (AvgIpc) is 3.09. The van der Waals surface area contributed by atoms with Crippen LogP contribution in [0.15, 0.2) is 37.2 Å². The number of benzene rings is 1. The third-order valence-corrected chi connectivity index (χ3v) is 4.40. The van der Waals surface area contributed by atoms with Crippen LogP contribution in [-0.4, -0.2) is 27.2 Å². The van der Waals surface area contributed by atoms with Gasteiger partial charge in [0, 0.05) is 29.6 Å². The van der Waals surface area contributed by atoms with Gasteiger partial charge in [0.1, 0.15) is 23.5 Å². The van der Waals surface area contributed by atoms with E-state index in [0.29, 0.717) is 24.5 Å². The number of anilines is 1. The van der Waals surface area contributed by atoms with Crippen LogP contribution >= 0.6 is 0 Å². The summed E-state index contributed by atoms with van der Waals surface area (Å²) in [4.78, 5) is 4.70. The zero-order valence-electron chi connectivity index (χ0n) is 16.7. The van der Waals surface area contributed by atoms with E-state index in [2.05, 4.69) is 22.3 Å². The van der Waals surface area contributed by atoms with Crippen LogP contribution in [0.4, 0.5) is 10.2 Å². The summed E-state index contributed by atoms with van der Waals surface area (Å²) in [5, 5.41) is 10.9. The number of hydrogen-bond donors (Lipinski definition) is 2. The van der Waals surface area contributed by atoms with E-state index in [1.807, 2.05) is 33.9 Å². The Bertz CT molecular complexity index is 998. The van der Waals surface area contributed by atoms with E-state index in [1.165, 1.54) is 12.1 Å². The molecule has 1 unspecified atom stereocenters. The number of hydrogen-bond acceptors (Lipinski definition) is 5. The normalized spacial score (nSPS) is 16.3. The van der Waals surface area contributed by atoms with Gasteiger partial charge in [0.05, 0.1) is 18.3 Å². The van der Waals surface area contributed by atoms with Crippen molar-refractivity contribution >= 4 is 17.2 Å². The SMILES string of the molecule is C=C1NCC(C)Oc2ccc(F)cc2CNc2nc3c1cnn3cc2C.CC. The molecule has 1 aliphatic heterocycles. The van der Waals surface area contributed by atoms with Crippen molar-refractivity contribution in [3.05, 3.63) is 59.7 Å². The molecule has 148 valence electrons.